The predicted molar refractivity (Wildman–Crippen MR) is 70.2 cm³/mol. The maximum atomic E-state index is 11.3. The number of aromatic nitrogens is 2. The third kappa shape index (κ3) is 3.52. The normalized spacial score (nSPS) is 12.2. The van der Waals surface area contributed by atoms with E-state index in [0.29, 0.717) is 16.7 Å². The first-order valence-electron chi connectivity index (χ1n) is 5.68. The average molecular weight is 281 g/mol. The molecule has 19 heavy (non-hydrogen) atoms. The molecular formula is C12H13ClN4O2. The largest absolute Gasteiger partial charge is 0.346 e. The van der Waals surface area contributed by atoms with Crippen LogP contribution in [0.15, 0.2) is 28.8 Å². The molecule has 0 bridgehead atoms. The Kier molecular flexibility index (Phi) is 4.13. The molecular weight excluding hydrogens is 268 g/mol. The van der Waals surface area contributed by atoms with Crippen molar-refractivity contribution in [3.63, 3.8) is 0 Å². The second-order valence-electron chi connectivity index (χ2n) is 4.03. The number of nitrogens with two attached hydrogens (primary N) is 1. The van der Waals surface area contributed by atoms with E-state index in [9.17, 15) is 4.79 Å². The van der Waals surface area contributed by atoms with E-state index in [1.807, 2.05) is 0 Å². The quantitative estimate of drug-likeness (QED) is 0.882. The summed E-state index contributed by atoms with van der Waals surface area (Å²) in [6.45, 7) is 1.75. The number of hydrogen-bond acceptors (Lipinski definition) is 5. The van der Waals surface area contributed by atoms with Gasteiger partial charge in [-0.05, 0) is 31.2 Å². The molecule has 2 aromatic rings. The molecule has 0 aliphatic rings. The Bertz CT molecular complexity index is 565. The van der Waals surface area contributed by atoms with Crippen molar-refractivity contribution in [2.24, 2.45) is 5.73 Å². The Morgan fingerprint density at radius 3 is 2.79 bits per heavy atom. The van der Waals surface area contributed by atoms with E-state index in [-0.39, 0.29) is 12.5 Å². The van der Waals surface area contributed by atoms with Crippen molar-refractivity contribution in [3.05, 3.63) is 35.2 Å². The van der Waals surface area contributed by atoms with Crippen molar-refractivity contribution in [2.45, 2.75) is 19.5 Å². The fourth-order valence-corrected chi connectivity index (χ4v) is 1.49. The Morgan fingerprint density at radius 2 is 2.16 bits per heavy atom. The summed E-state index contributed by atoms with van der Waals surface area (Å²) in [6.07, 6.45) is 0. The summed E-state index contributed by atoms with van der Waals surface area (Å²) in [4.78, 5) is 15.5. The van der Waals surface area contributed by atoms with Crippen molar-refractivity contribution < 1.29 is 9.32 Å². The third-order valence-corrected chi connectivity index (χ3v) is 2.65. The molecule has 0 radical (unpaired) electrons. The Balaban J connectivity index is 2.03. The van der Waals surface area contributed by atoms with Crippen LogP contribution >= 0.6 is 11.6 Å². The van der Waals surface area contributed by atoms with Crippen LogP contribution in [0.25, 0.3) is 11.4 Å². The van der Waals surface area contributed by atoms with Crippen LogP contribution in [-0.2, 0) is 11.3 Å². The second kappa shape index (κ2) is 5.81. The van der Waals surface area contributed by atoms with Crippen molar-refractivity contribution in [1.82, 2.24) is 15.5 Å². The van der Waals surface area contributed by atoms with Gasteiger partial charge in [-0.25, -0.2) is 0 Å². The SMILES string of the molecule is C[C@H](N)C(=O)NCc1nc(-c2ccc(Cl)cc2)no1. The van der Waals surface area contributed by atoms with E-state index in [0.717, 1.165) is 5.56 Å². The molecule has 0 saturated heterocycles. The lowest BCUT2D eigenvalue weighted by Gasteiger charge is -2.03. The zero-order chi connectivity index (χ0) is 13.8. The summed E-state index contributed by atoms with van der Waals surface area (Å²) in [5.41, 5.74) is 6.21. The van der Waals surface area contributed by atoms with E-state index in [1.165, 1.54) is 0 Å². The zero-order valence-electron chi connectivity index (χ0n) is 10.3. The van der Waals surface area contributed by atoms with Crippen molar-refractivity contribution in [2.75, 3.05) is 0 Å². The molecule has 7 heteroatoms. The number of benzene rings is 1. The molecule has 0 aliphatic carbocycles. The Labute approximate surface area is 114 Å². The van der Waals surface area contributed by atoms with Crippen LogP contribution < -0.4 is 11.1 Å². The van der Waals surface area contributed by atoms with Gasteiger partial charge in [0.25, 0.3) is 0 Å². The van der Waals surface area contributed by atoms with Crippen LogP contribution in [0, 0.1) is 0 Å². The van der Waals surface area contributed by atoms with Gasteiger partial charge in [0.1, 0.15) is 0 Å². The van der Waals surface area contributed by atoms with Crippen LogP contribution in [0.5, 0.6) is 0 Å². The molecule has 0 fully saturated rings. The van der Waals surface area contributed by atoms with Gasteiger partial charge in [0.05, 0.1) is 12.6 Å². The van der Waals surface area contributed by atoms with Crippen LogP contribution in [0.3, 0.4) is 0 Å². The number of nitrogens with zero attached hydrogens (tertiary/aromatic N) is 2. The highest BCUT2D eigenvalue weighted by atomic mass is 35.5. The van der Waals surface area contributed by atoms with Gasteiger partial charge < -0.3 is 15.6 Å². The number of carbonyl (C=O) groups is 1. The van der Waals surface area contributed by atoms with Gasteiger partial charge in [-0.15, -0.1) is 0 Å². The molecule has 100 valence electrons. The molecule has 0 unspecified atom stereocenters. The highest BCUT2D eigenvalue weighted by Gasteiger charge is 2.11. The fraction of sp³-hybridized carbons (Fsp3) is 0.250. The molecule has 1 aromatic heterocycles. The standard InChI is InChI=1S/C12H13ClN4O2/c1-7(14)12(18)15-6-10-16-11(17-19-10)8-2-4-9(13)5-3-8/h2-5,7H,6,14H2,1H3,(H,15,18)/t7-/m0/s1. The highest BCUT2D eigenvalue weighted by molar-refractivity contribution is 6.30. The van der Waals surface area contributed by atoms with Gasteiger partial charge in [0, 0.05) is 10.6 Å². The number of nitrogens with one attached hydrogen (secondary N) is 1. The molecule has 2 rings (SSSR count). The summed E-state index contributed by atoms with van der Waals surface area (Å²) >= 11 is 5.79. The summed E-state index contributed by atoms with van der Waals surface area (Å²) in [6, 6.07) is 6.49. The van der Waals surface area contributed by atoms with Gasteiger partial charge in [-0.3, -0.25) is 4.79 Å². The maximum absolute atomic E-state index is 11.3. The van der Waals surface area contributed by atoms with Gasteiger partial charge in [-0.1, -0.05) is 16.8 Å². The van der Waals surface area contributed by atoms with Crippen LogP contribution in [0.2, 0.25) is 5.02 Å². The number of halogens is 1. The van der Waals surface area contributed by atoms with Gasteiger partial charge in [0.15, 0.2) is 0 Å². The lowest BCUT2D eigenvalue weighted by Crippen LogP contribution is -2.37. The van der Waals surface area contributed by atoms with E-state index in [2.05, 4.69) is 15.5 Å². The molecule has 1 heterocycles. The lowest BCUT2D eigenvalue weighted by atomic mass is 10.2. The average Bonchev–Trinajstić information content (AvgIpc) is 2.85. The molecule has 0 aliphatic heterocycles. The van der Waals surface area contributed by atoms with E-state index in [1.54, 1.807) is 31.2 Å². The molecule has 0 saturated carbocycles. The number of amides is 1. The Morgan fingerprint density at radius 1 is 1.47 bits per heavy atom. The fourth-order valence-electron chi connectivity index (χ4n) is 1.37. The molecule has 6 nitrogen and oxygen atoms in total. The number of hydrogen-bond donors (Lipinski definition) is 2. The summed E-state index contributed by atoms with van der Waals surface area (Å²) in [5.74, 6) is 0.493. The number of carbonyl (C=O) groups excluding carboxylic acids is 1. The van der Waals surface area contributed by atoms with Gasteiger partial charge >= 0.3 is 0 Å². The molecule has 0 spiro atoms. The minimum Gasteiger partial charge on any atom is -0.346 e. The minimum atomic E-state index is -0.571. The first-order valence-corrected chi connectivity index (χ1v) is 6.06. The van der Waals surface area contributed by atoms with Crippen molar-refractivity contribution in [1.29, 1.82) is 0 Å². The lowest BCUT2D eigenvalue weighted by molar-refractivity contribution is -0.122. The van der Waals surface area contributed by atoms with E-state index in [4.69, 9.17) is 21.9 Å². The van der Waals surface area contributed by atoms with Crippen LogP contribution in [0.4, 0.5) is 0 Å². The second-order valence-corrected chi connectivity index (χ2v) is 4.46. The molecule has 1 atom stereocenters. The van der Waals surface area contributed by atoms with Gasteiger partial charge in [-0.2, -0.15) is 4.98 Å². The minimum absolute atomic E-state index is 0.154. The van der Waals surface area contributed by atoms with Crippen molar-refractivity contribution in [3.8, 4) is 11.4 Å². The topological polar surface area (TPSA) is 94.0 Å². The molecule has 3 N–H and O–H groups in total. The summed E-state index contributed by atoms with van der Waals surface area (Å²) in [5, 5.41) is 7.05. The zero-order valence-corrected chi connectivity index (χ0v) is 11.0. The first kappa shape index (κ1) is 13.5. The van der Waals surface area contributed by atoms with Crippen molar-refractivity contribution >= 4 is 17.5 Å². The van der Waals surface area contributed by atoms with E-state index >= 15 is 0 Å². The number of rotatable bonds is 4. The third-order valence-electron chi connectivity index (χ3n) is 2.40. The van der Waals surface area contributed by atoms with E-state index < -0.39 is 6.04 Å². The molecule has 1 amide bonds. The van der Waals surface area contributed by atoms with Gasteiger partial charge in [0.2, 0.25) is 17.6 Å². The van der Waals surface area contributed by atoms with Crippen LogP contribution in [0.1, 0.15) is 12.8 Å². The Hall–Kier alpha value is -1.92. The molecule has 1 aromatic carbocycles. The maximum Gasteiger partial charge on any atom is 0.246 e. The smallest absolute Gasteiger partial charge is 0.246 e. The predicted octanol–water partition coefficient (Wildman–Crippen LogP) is 1.35. The van der Waals surface area contributed by atoms with Crippen LogP contribution in [-0.4, -0.2) is 22.1 Å². The summed E-state index contributed by atoms with van der Waals surface area (Å²) in [7, 11) is 0. The first-order chi connectivity index (χ1) is 9.06. The highest BCUT2D eigenvalue weighted by Crippen LogP contribution is 2.18. The summed E-state index contributed by atoms with van der Waals surface area (Å²) < 4.78 is 5.03. The monoisotopic (exact) mass is 280 g/mol.